The van der Waals surface area contributed by atoms with Crippen molar-refractivity contribution in [2.24, 2.45) is 0 Å². The van der Waals surface area contributed by atoms with Crippen molar-refractivity contribution in [3.05, 3.63) is 75.9 Å². The number of carboxylic acids is 1. The fourth-order valence-corrected chi connectivity index (χ4v) is 14.3. The van der Waals surface area contributed by atoms with Gasteiger partial charge in [-0.05, 0) is 54.8 Å². The number of aliphatic hydroxyl groups is 3. The van der Waals surface area contributed by atoms with Gasteiger partial charge in [0.05, 0.1) is 25.4 Å². The monoisotopic (exact) mass is 1480 g/mol. The van der Waals surface area contributed by atoms with E-state index in [1.807, 2.05) is 0 Å². The molecule has 30 nitrogen and oxygen atoms in total. The largest absolute Gasteiger partial charge is 0.508 e. The quantitative estimate of drug-likeness (QED) is 0.00845. The van der Waals surface area contributed by atoms with Crippen LogP contribution in [-0.2, 0) is 64.5 Å². The first kappa shape index (κ1) is 84.8. The summed E-state index contributed by atoms with van der Waals surface area (Å²) in [6.45, 7) is 0.533. The predicted molar refractivity (Wildman–Crippen MR) is 360 cm³/mol. The lowest BCUT2D eigenvalue weighted by Crippen LogP contribution is -2.65. The van der Waals surface area contributed by atoms with E-state index < -0.39 is 136 Å². The van der Waals surface area contributed by atoms with E-state index in [-0.39, 0.29) is 59.5 Å². The number of nitrogens with one attached hydrogen (secondary N) is 1. The normalized spacial score (nSPS) is 19.3. The number of hydrogen-bond acceptors (Lipinski definition) is 22. The highest BCUT2D eigenvalue weighted by Crippen LogP contribution is 2.52. The first-order chi connectivity index (χ1) is 46.9. The second-order valence-corrected chi connectivity index (χ2v) is 29.9. The molecule has 34 heteroatoms. The summed E-state index contributed by atoms with van der Waals surface area (Å²) in [6, 6.07) is 11.8. The van der Waals surface area contributed by atoms with Crippen molar-refractivity contribution >= 4 is 66.1 Å². The lowest BCUT2D eigenvalue weighted by molar-refractivity contribution is -0.213. The number of aromatic hydroxyl groups is 1. The Hall–Kier alpha value is -4.87. The Labute approximate surface area is 575 Å². The molecule has 2 aliphatic carbocycles. The van der Waals surface area contributed by atoms with Crippen molar-refractivity contribution < 1.29 is 133 Å². The van der Waals surface area contributed by atoms with Crippen LogP contribution in [0.5, 0.6) is 5.75 Å². The van der Waals surface area contributed by atoms with Gasteiger partial charge in [-0.25, -0.2) is 23.1 Å². The van der Waals surface area contributed by atoms with Gasteiger partial charge in [-0.3, -0.25) is 46.3 Å². The topological polar surface area (TPSA) is 475 Å². The molecule has 5 rings (SSSR count). The van der Waals surface area contributed by atoms with Crippen LogP contribution in [0.25, 0.3) is 33.4 Å². The second kappa shape index (κ2) is 42.7. The molecule has 2 aromatic carbocycles. The van der Waals surface area contributed by atoms with Gasteiger partial charge in [0.15, 0.2) is 17.6 Å². The van der Waals surface area contributed by atoms with Gasteiger partial charge in [0, 0.05) is 53.6 Å². The summed E-state index contributed by atoms with van der Waals surface area (Å²) in [6.07, 6.45) is 4.96. The van der Waals surface area contributed by atoms with Gasteiger partial charge in [-0.2, -0.15) is 0 Å². The first-order valence-corrected chi connectivity index (χ1v) is 40.0. The number of carboxylic acid groups (broad SMARTS) is 1. The molecule has 12 N–H and O–H groups in total. The summed E-state index contributed by atoms with van der Waals surface area (Å²) in [5, 5.41) is 56.3. The molecule has 1 fully saturated rings. The highest BCUT2D eigenvalue weighted by Gasteiger charge is 2.57. The van der Waals surface area contributed by atoms with Crippen LogP contribution < -0.4 is 10.7 Å². The van der Waals surface area contributed by atoms with E-state index in [2.05, 4.69) is 28.2 Å². The average molecular weight is 1480 g/mol. The molecule has 0 aromatic heterocycles. The minimum Gasteiger partial charge on any atom is -0.508 e. The van der Waals surface area contributed by atoms with Gasteiger partial charge in [0.1, 0.15) is 53.7 Å². The molecule has 0 saturated heterocycles. The van der Waals surface area contributed by atoms with Gasteiger partial charge < -0.3 is 74.1 Å². The molecule has 10 atom stereocenters. The van der Waals surface area contributed by atoms with Crippen LogP contribution in [0.3, 0.4) is 0 Å². The van der Waals surface area contributed by atoms with E-state index in [1.165, 1.54) is 113 Å². The van der Waals surface area contributed by atoms with Gasteiger partial charge in [0.2, 0.25) is 0 Å². The Morgan fingerprint density at radius 2 is 0.960 bits per heavy atom. The number of phenolic OH excluding ortho intramolecular Hbond substituents is 1. The zero-order valence-electron chi connectivity index (χ0n) is 56.0. The maximum absolute atomic E-state index is 13.8. The Morgan fingerprint density at radius 1 is 0.515 bits per heavy atom. The summed E-state index contributed by atoms with van der Waals surface area (Å²) in [5.74, 6) is -4.37. The number of benzene rings is 3. The van der Waals surface area contributed by atoms with Crippen LogP contribution in [0.4, 0.5) is 0 Å². The molecular formula is C65H99NO29P4. The molecule has 1 amide bonds. The number of unbranched alkanes of at least 4 members (excludes halogenated alkanes) is 24. The van der Waals surface area contributed by atoms with Crippen molar-refractivity contribution in [1.29, 1.82) is 0 Å². The molecule has 2 aromatic rings. The van der Waals surface area contributed by atoms with E-state index in [0.29, 0.717) is 29.4 Å². The Bertz CT molecular complexity index is 3390. The standard InChI is InChI=1S/C65H99NO29P4/c1-3-5-7-9-11-13-15-17-19-21-23-25-27-29-55(69)91-53(42-88-98(83,84)87-38-37-66-64(74)44-31-34-47(50(39-44)65(75)76)57-48-35-32-45(67)40-51(48)90-52-41-46(68)33-36-49(52)57)54(92-56(70)30-28-26-24-22-20-18-16-14-12-10-8-6-4-2)43-89-99(85,86)95-61-58(71)59(72)62(93-96(77,78)79)63(60(61)73)94-97(80,81)82/h31-36,39-41,53-54,58-63,67,71-73H,3-30,37-38,42-43H2,1-2H3,(H,66,74)(H,75,76)(H,83,84)(H,85,86)(H2,77,78,79)(H2,80,81,82)/t53-,54-,58-,59+,60+,61-,62-,63-/m1/s1. The van der Waals surface area contributed by atoms with Gasteiger partial charge >= 0.3 is 49.2 Å². The zero-order valence-corrected chi connectivity index (χ0v) is 59.6. The molecule has 1 aliphatic heterocycles. The zero-order chi connectivity index (χ0) is 72.8. The van der Waals surface area contributed by atoms with Gasteiger partial charge in [-0.1, -0.05) is 174 Å². The van der Waals surface area contributed by atoms with Crippen LogP contribution in [0.15, 0.2) is 63.8 Å². The minimum absolute atomic E-state index is 0.0843. The SMILES string of the molecule is CCCCCCCCCCCCCCCC(=O)O[C@H](COP(=O)(O)OCCNC(=O)c1ccc(-c2c3ccc(=O)cc-3oc3cc(O)ccc23)c(C(=O)O)c1)[C@@H](COP(=O)(O)O[C@@H]1[C@H](O)[C@H](O)[C@@H](OP(=O)(O)O)[C@H](OP(=O)(O)O)[C@H]1O)OC(=O)CCCCCCCCCCCCCCC. The maximum Gasteiger partial charge on any atom is 0.472 e. The van der Waals surface area contributed by atoms with Crippen molar-refractivity contribution in [3.8, 4) is 28.2 Å². The summed E-state index contributed by atoms with van der Waals surface area (Å²) in [5.41, 5.74) is -0.0774. The van der Waals surface area contributed by atoms with E-state index in [9.17, 15) is 97.1 Å². The van der Waals surface area contributed by atoms with E-state index in [1.54, 1.807) is 0 Å². The molecule has 2 unspecified atom stereocenters. The van der Waals surface area contributed by atoms with Crippen LogP contribution in [0, 0.1) is 0 Å². The number of phosphoric acid groups is 4. The number of ether oxygens (including phenoxy) is 2. The van der Waals surface area contributed by atoms with E-state index in [4.69, 9.17) is 32.0 Å². The van der Waals surface area contributed by atoms with Crippen molar-refractivity contribution in [2.75, 3.05) is 26.4 Å². The lowest BCUT2D eigenvalue weighted by atomic mass is 9.85. The van der Waals surface area contributed by atoms with Crippen molar-refractivity contribution in [2.45, 2.75) is 242 Å². The summed E-state index contributed by atoms with van der Waals surface area (Å²) in [4.78, 5) is 126. The van der Waals surface area contributed by atoms with Crippen LogP contribution in [0.1, 0.15) is 214 Å². The fraction of sp³-hybridized carbons (Fsp3) is 0.646. The second-order valence-electron chi connectivity index (χ2n) is 24.7. The van der Waals surface area contributed by atoms with Gasteiger partial charge in [-0.15, -0.1) is 0 Å². The Morgan fingerprint density at radius 3 is 1.43 bits per heavy atom. The molecule has 99 heavy (non-hydrogen) atoms. The van der Waals surface area contributed by atoms with Crippen LogP contribution in [0.2, 0.25) is 0 Å². The highest BCUT2D eigenvalue weighted by atomic mass is 31.2. The number of carbonyl (C=O) groups excluding carboxylic acids is 3. The number of aliphatic hydroxyl groups excluding tert-OH is 3. The number of aromatic carboxylic acids is 1. The third kappa shape index (κ3) is 30.5. The molecule has 0 spiro atoms. The Balaban J connectivity index is 1.32. The first-order valence-electron chi connectivity index (χ1n) is 34.0. The van der Waals surface area contributed by atoms with Gasteiger partial charge in [0.25, 0.3) is 5.91 Å². The Kier molecular flexibility index (Phi) is 36.5. The molecule has 558 valence electrons. The molecule has 3 aliphatic rings. The van der Waals surface area contributed by atoms with Crippen LogP contribution in [-0.4, -0.2) is 154 Å². The summed E-state index contributed by atoms with van der Waals surface area (Å²) >= 11 is 0. The molecule has 0 bridgehead atoms. The number of amides is 1. The lowest BCUT2D eigenvalue weighted by Gasteiger charge is -2.44. The predicted octanol–water partition coefficient (Wildman–Crippen LogP) is 11.2. The number of hydrogen-bond donors (Lipinski definition) is 12. The van der Waals surface area contributed by atoms with Crippen molar-refractivity contribution in [3.63, 3.8) is 0 Å². The number of rotatable bonds is 50. The highest BCUT2D eigenvalue weighted by molar-refractivity contribution is 7.47. The smallest absolute Gasteiger partial charge is 0.472 e. The summed E-state index contributed by atoms with van der Waals surface area (Å²) < 4.78 is 97.6. The fourth-order valence-electron chi connectivity index (χ4n) is 11.5. The number of carbonyl (C=O) groups is 4. The van der Waals surface area contributed by atoms with Crippen molar-refractivity contribution in [1.82, 2.24) is 5.32 Å². The molecule has 0 radical (unpaired) electrons. The third-order valence-electron chi connectivity index (χ3n) is 16.6. The maximum atomic E-state index is 13.8. The molecular weight excluding hydrogens is 1380 g/mol. The molecule has 1 saturated carbocycles. The number of phenols is 1. The third-order valence-corrected chi connectivity index (χ3v) is 19.7. The number of phosphoric ester groups is 4. The average Bonchev–Trinajstić information content (AvgIpc) is 0.759. The number of fused-ring (bicyclic) bond motifs is 2. The van der Waals surface area contributed by atoms with E-state index >= 15 is 0 Å². The van der Waals surface area contributed by atoms with E-state index in [0.717, 1.165) is 83.1 Å². The summed E-state index contributed by atoms with van der Waals surface area (Å²) in [7, 11) is -22.7. The minimum atomic E-state index is -5.87. The number of esters is 2. The molecule has 1 heterocycles. The van der Waals surface area contributed by atoms with Crippen LogP contribution >= 0.6 is 31.3 Å².